The van der Waals surface area contributed by atoms with E-state index in [9.17, 15) is 4.79 Å². The maximum Gasteiger partial charge on any atom is 0.419 e. The first-order valence-corrected chi connectivity index (χ1v) is 7.43. The van der Waals surface area contributed by atoms with Crippen LogP contribution in [0.4, 0.5) is 0 Å². The molecule has 1 unspecified atom stereocenters. The Hall–Kier alpha value is -1.85. The van der Waals surface area contributed by atoms with Gasteiger partial charge in [-0.3, -0.25) is 4.57 Å². The van der Waals surface area contributed by atoms with E-state index >= 15 is 0 Å². The van der Waals surface area contributed by atoms with Crippen LogP contribution < -0.4 is 11.5 Å². The van der Waals surface area contributed by atoms with E-state index in [0.717, 1.165) is 22.0 Å². The van der Waals surface area contributed by atoms with Crippen molar-refractivity contribution >= 4 is 27.0 Å². The molecule has 3 aromatic rings. The van der Waals surface area contributed by atoms with Crippen molar-refractivity contribution in [2.75, 3.05) is 0 Å². The Morgan fingerprint density at radius 3 is 2.67 bits per heavy atom. The van der Waals surface area contributed by atoms with Crippen LogP contribution in [0.15, 0.2) is 56.1 Å². The van der Waals surface area contributed by atoms with E-state index in [2.05, 4.69) is 15.9 Å². The van der Waals surface area contributed by atoms with Gasteiger partial charge in [0, 0.05) is 17.6 Å². The number of hydrogen-bond acceptors (Lipinski definition) is 3. The Labute approximate surface area is 130 Å². The third kappa shape index (κ3) is 2.80. The third-order valence-corrected chi connectivity index (χ3v) is 4.14. The minimum Gasteiger partial charge on any atom is -0.408 e. The highest BCUT2D eigenvalue weighted by Gasteiger charge is 2.11. The summed E-state index contributed by atoms with van der Waals surface area (Å²) in [6.07, 6.45) is 0.732. The monoisotopic (exact) mass is 346 g/mol. The summed E-state index contributed by atoms with van der Waals surface area (Å²) in [5, 5.41) is 0. The van der Waals surface area contributed by atoms with Crippen molar-refractivity contribution in [2.24, 2.45) is 12.8 Å². The highest BCUT2D eigenvalue weighted by atomic mass is 79.9. The zero-order valence-corrected chi connectivity index (χ0v) is 13.1. The van der Waals surface area contributed by atoms with Crippen molar-refractivity contribution in [3.05, 3.63) is 68.6 Å². The van der Waals surface area contributed by atoms with Crippen LogP contribution >= 0.6 is 15.9 Å². The SMILES string of the molecule is Cn1c(=O)oc2cc(C(N)Cc3ccc(Br)cc3)ccc21. The van der Waals surface area contributed by atoms with Crippen molar-refractivity contribution in [3.8, 4) is 0 Å². The van der Waals surface area contributed by atoms with Gasteiger partial charge in [-0.15, -0.1) is 0 Å². The van der Waals surface area contributed by atoms with Gasteiger partial charge in [0.15, 0.2) is 5.58 Å². The lowest BCUT2D eigenvalue weighted by Gasteiger charge is -2.12. The number of nitrogens with two attached hydrogens (primary N) is 1. The summed E-state index contributed by atoms with van der Waals surface area (Å²) in [5.41, 5.74) is 9.74. The Morgan fingerprint density at radius 1 is 1.24 bits per heavy atom. The summed E-state index contributed by atoms with van der Waals surface area (Å²) in [6, 6.07) is 13.6. The van der Waals surface area contributed by atoms with Crippen LogP contribution in [-0.4, -0.2) is 4.57 Å². The predicted molar refractivity (Wildman–Crippen MR) is 86.2 cm³/mol. The molecule has 0 radical (unpaired) electrons. The van der Waals surface area contributed by atoms with Crippen molar-refractivity contribution in [1.29, 1.82) is 0 Å². The molecule has 0 spiro atoms. The minimum absolute atomic E-state index is 0.138. The van der Waals surface area contributed by atoms with Crippen LogP contribution in [0, 0.1) is 0 Å². The smallest absolute Gasteiger partial charge is 0.408 e. The molecule has 1 atom stereocenters. The van der Waals surface area contributed by atoms with Gasteiger partial charge < -0.3 is 10.2 Å². The van der Waals surface area contributed by atoms with Crippen molar-refractivity contribution in [1.82, 2.24) is 4.57 Å². The first-order valence-electron chi connectivity index (χ1n) is 6.64. The molecule has 4 nitrogen and oxygen atoms in total. The molecule has 108 valence electrons. The van der Waals surface area contributed by atoms with Gasteiger partial charge >= 0.3 is 5.76 Å². The number of rotatable bonds is 3. The fraction of sp³-hybridized carbons (Fsp3) is 0.188. The van der Waals surface area contributed by atoms with Crippen LogP contribution in [0.2, 0.25) is 0 Å². The number of hydrogen-bond donors (Lipinski definition) is 1. The Balaban J connectivity index is 1.89. The van der Waals surface area contributed by atoms with E-state index in [1.807, 2.05) is 42.5 Å². The topological polar surface area (TPSA) is 61.2 Å². The molecule has 2 aromatic carbocycles. The Morgan fingerprint density at radius 2 is 1.95 bits per heavy atom. The Kier molecular flexibility index (Phi) is 3.69. The second kappa shape index (κ2) is 5.50. The van der Waals surface area contributed by atoms with E-state index in [4.69, 9.17) is 10.2 Å². The number of fused-ring (bicyclic) bond motifs is 1. The first-order chi connectivity index (χ1) is 10.0. The Bertz CT molecular complexity index is 834. The molecule has 0 aliphatic heterocycles. The normalized spacial score (nSPS) is 12.7. The summed E-state index contributed by atoms with van der Waals surface area (Å²) >= 11 is 3.42. The third-order valence-electron chi connectivity index (χ3n) is 3.61. The zero-order valence-electron chi connectivity index (χ0n) is 11.5. The molecule has 0 saturated heterocycles. The van der Waals surface area contributed by atoms with Gasteiger partial charge in [-0.05, 0) is 41.8 Å². The van der Waals surface area contributed by atoms with Gasteiger partial charge in [0.1, 0.15) is 0 Å². The van der Waals surface area contributed by atoms with E-state index in [-0.39, 0.29) is 11.8 Å². The molecule has 1 aromatic heterocycles. The van der Waals surface area contributed by atoms with Crippen LogP contribution in [0.25, 0.3) is 11.1 Å². The average molecular weight is 347 g/mol. The second-order valence-electron chi connectivity index (χ2n) is 5.09. The maximum atomic E-state index is 11.5. The standard InChI is InChI=1S/C16H15BrN2O2/c1-19-14-7-4-11(9-15(14)21-16(19)20)13(18)8-10-2-5-12(17)6-3-10/h2-7,9,13H,8,18H2,1H3. The number of aryl methyl sites for hydroxylation is 1. The highest BCUT2D eigenvalue weighted by molar-refractivity contribution is 9.10. The molecule has 0 aliphatic carbocycles. The maximum absolute atomic E-state index is 11.5. The van der Waals surface area contributed by atoms with Gasteiger partial charge in [-0.2, -0.15) is 0 Å². The van der Waals surface area contributed by atoms with E-state index < -0.39 is 0 Å². The lowest BCUT2D eigenvalue weighted by molar-refractivity contribution is 0.527. The van der Waals surface area contributed by atoms with Crippen LogP contribution in [0.3, 0.4) is 0 Å². The molecule has 2 N–H and O–H groups in total. The largest absolute Gasteiger partial charge is 0.419 e. The van der Waals surface area contributed by atoms with Crippen LogP contribution in [0.1, 0.15) is 17.2 Å². The summed E-state index contributed by atoms with van der Waals surface area (Å²) in [6.45, 7) is 0. The summed E-state index contributed by atoms with van der Waals surface area (Å²) in [5.74, 6) is -0.358. The molecule has 1 heterocycles. The highest BCUT2D eigenvalue weighted by Crippen LogP contribution is 2.22. The lowest BCUT2D eigenvalue weighted by Crippen LogP contribution is -2.13. The predicted octanol–water partition coefficient (Wildman–Crippen LogP) is 3.14. The summed E-state index contributed by atoms with van der Waals surface area (Å²) in [7, 11) is 1.69. The number of aromatic nitrogens is 1. The average Bonchev–Trinajstić information content (AvgIpc) is 2.76. The van der Waals surface area contributed by atoms with E-state index in [1.54, 1.807) is 7.05 Å². The van der Waals surface area contributed by atoms with E-state index in [0.29, 0.717) is 5.58 Å². The van der Waals surface area contributed by atoms with Gasteiger partial charge in [0.25, 0.3) is 0 Å². The molecule has 0 saturated carbocycles. The number of oxazole rings is 1. The van der Waals surface area contributed by atoms with Crippen molar-refractivity contribution in [3.63, 3.8) is 0 Å². The van der Waals surface area contributed by atoms with Crippen LogP contribution in [-0.2, 0) is 13.5 Å². The minimum atomic E-state index is -0.358. The van der Waals surface area contributed by atoms with Crippen molar-refractivity contribution < 1.29 is 4.42 Å². The number of halogens is 1. The molecule has 5 heteroatoms. The quantitative estimate of drug-likeness (QED) is 0.792. The molecule has 0 aliphatic rings. The molecule has 21 heavy (non-hydrogen) atoms. The van der Waals surface area contributed by atoms with Gasteiger partial charge in [-0.25, -0.2) is 4.79 Å². The van der Waals surface area contributed by atoms with Crippen molar-refractivity contribution in [2.45, 2.75) is 12.5 Å². The van der Waals surface area contributed by atoms with Gasteiger partial charge in [-0.1, -0.05) is 34.1 Å². The number of nitrogens with zero attached hydrogens (tertiary/aromatic N) is 1. The summed E-state index contributed by atoms with van der Waals surface area (Å²) in [4.78, 5) is 11.5. The molecular weight excluding hydrogens is 332 g/mol. The second-order valence-corrected chi connectivity index (χ2v) is 6.01. The molecule has 3 rings (SSSR count). The zero-order chi connectivity index (χ0) is 15.0. The first kappa shape index (κ1) is 14.1. The molecule has 0 amide bonds. The fourth-order valence-corrected chi connectivity index (χ4v) is 2.64. The number of benzene rings is 2. The molecule has 0 fully saturated rings. The van der Waals surface area contributed by atoms with E-state index in [1.165, 1.54) is 10.1 Å². The molecular formula is C16H15BrN2O2. The molecule has 0 bridgehead atoms. The van der Waals surface area contributed by atoms with Crippen LogP contribution in [0.5, 0.6) is 0 Å². The lowest BCUT2D eigenvalue weighted by atomic mass is 9.99. The van der Waals surface area contributed by atoms with Gasteiger partial charge in [0.2, 0.25) is 0 Å². The summed E-state index contributed by atoms with van der Waals surface area (Å²) < 4.78 is 7.73. The fourth-order valence-electron chi connectivity index (χ4n) is 2.37. The van der Waals surface area contributed by atoms with Gasteiger partial charge in [0.05, 0.1) is 5.52 Å².